The first-order chi connectivity index (χ1) is 4.47. The molecule has 0 spiro atoms. The molecule has 1 rings (SSSR count). The van der Waals surface area contributed by atoms with Crippen LogP contribution in [0, 0.1) is 5.92 Å². The molecule has 0 amide bonds. The Bertz CT molecular complexity index is 206. The third-order valence-electron chi connectivity index (χ3n) is 1.70. The van der Waals surface area contributed by atoms with Gasteiger partial charge in [0, 0.05) is 6.04 Å². The molecule has 0 aromatic carbocycles. The van der Waals surface area contributed by atoms with Crippen molar-refractivity contribution in [2.45, 2.75) is 25.8 Å². The van der Waals surface area contributed by atoms with Crippen molar-refractivity contribution < 1.29 is 8.42 Å². The van der Waals surface area contributed by atoms with Crippen molar-refractivity contribution in [1.29, 1.82) is 0 Å². The largest absolute Gasteiger partial charge is 0.274 e. The predicted octanol–water partition coefficient (Wildman–Crippen LogP) is -0.422. The van der Waals surface area contributed by atoms with Gasteiger partial charge in [0.15, 0.2) is 0 Å². The lowest BCUT2D eigenvalue weighted by atomic mass is 9.83. The van der Waals surface area contributed by atoms with Crippen molar-refractivity contribution in [2.75, 3.05) is 0 Å². The highest BCUT2D eigenvalue weighted by atomic mass is 32.2. The van der Waals surface area contributed by atoms with Gasteiger partial charge in [-0.2, -0.15) is 13.1 Å². The third-order valence-corrected chi connectivity index (χ3v) is 2.37. The summed E-state index contributed by atoms with van der Waals surface area (Å²) in [4.78, 5) is 0. The Morgan fingerprint density at radius 2 is 2.00 bits per heavy atom. The van der Waals surface area contributed by atoms with E-state index in [4.69, 9.17) is 5.14 Å². The Balaban J connectivity index is 2.30. The van der Waals surface area contributed by atoms with Crippen molar-refractivity contribution in [3.8, 4) is 0 Å². The van der Waals surface area contributed by atoms with E-state index in [1.807, 2.05) is 0 Å². The zero-order chi connectivity index (χ0) is 7.78. The third kappa shape index (κ3) is 2.24. The van der Waals surface area contributed by atoms with E-state index < -0.39 is 10.2 Å². The second-order valence-electron chi connectivity index (χ2n) is 2.94. The smallest absolute Gasteiger partial charge is 0.216 e. The van der Waals surface area contributed by atoms with E-state index in [9.17, 15) is 8.42 Å². The molecule has 1 aliphatic carbocycles. The van der Waals surface area contributed by atoms with E-state index >= 15 is 0 Å². The second-order valence-corrected chi connectivity index (χ2v) is 4.26. The summed E-state index contributed by atoms with van der Waals surface area (Å²) >= 11 is 0. The average molecular weight is 164 g/mol. The summed E-state index contributed by atoms with van der Waals surface area (Å²) in [6.07, 6.45) is 1.83. The molecule has 1 saturated carbocycles. The quantitative estimate of drug-likeness (QED) is 0.581. The van der Waals surface area contributed by atoms with E-state index in [1.165, 1.54) is 0 Å². The lowest BCUT2D eigenvalue weighted by Gasteiger charge is -2.32. The minimum absolute atomic E-state index is 0.0880. The molecule has 1 aliphatic rings. The van der Waals surface area contributed by atoms with Gasteiger partial charge in [-0.3, -0.25) is 0 Å². The van der Waals surface area contributed by atoms with Crippen LogP contribution in [0.1, 0.15) is 19.8 Å². The number of hydrogen-bond acceptors (Lipinski definition) is 2. The predicted molar refractivity (Wildman–Crippen MR) is 38.4 cm³/mol. The number of rotatable bonds is 2. The first-order valence-corrected chi connectivity index (χ1v) is 4.82. The van der Waals surface area contributed by atoms with E-state index in [-0.39, 0.29) is 6.04 Å². The number of hydrogen-bond donors (Lipinski definition) is 2. The molecule has 0 aromatic rings. The summed E-state index contributed by atoms with van der Waals surface area (Å²) in [5, 5.41) is 4.75. The van der Waals surface area contributed by atoms with Crippen LogP contribution in [0.4, 0.5) is 0 Å². The standard InChI is InChI=1S/C5H12N2O2S/c1-4-2-5(3-4)7-10(6,8)9/h4-5,7H,2-3H2,1H3,(H2,6,8,9). The molecule has 0 radical (unpaired) electrons. The first-order valence-electron chi connectivity index (χ1n) is 3.27. The fraction of sp³-hybridized carbons (Fsp3) is 1.00. The highest BCUT2D eigenvalue weighted by molar-refractivity contribution is 7.87. The summed E-state index contributed by atoms with van der Waals surface area (Å²) < 4.78 is 23.2. The van der Waals surface area contributed by atoms with Crippen LogP contribution in [-0.4, -0.2) is 14.5 Å². The van der Waals surface area contributed by atoms with Gasteiger partial charge in [-0.05, 0) is 18.8 Å². The van der Waals surface area contributed by atoms with Crippen LogP contribution in [0.5, 0.6) is 0 Å². The monoisotopic (exact) mass is 164 g/mol. The van der Waals surface area contributed by atoms with Gasteiger partial charge >= 0.3 is 0 Å². The lowest BCUT2D eigenvalue weighted by molar-refractivity contribution is 0.270. The van der Waals surface area contributed by atoms with Crippen molar-refractivity contribution in [2.24, 2.45) is 11.1 Å². The maximum atomic E-state index is 10.4. The Kier molecular flexibility index (Phi) is 1.98. The molecule has 0 unspecified atom stereocenters. The van der Waals surface area contributed by atoms with E-state index in [1.54, 1.807) is 0 Å². The lowest BCUT2D eigenvalue weighted by Crippen LogP contribution is -2.46. The maximum absolute atomic E-state index is 10.4. The van der Waals surface area contributed by atoms with Crippen LogP contribution in [0.25, 0.3) is 0 Å². The molecule has 60 valence electrons. The first kappa shape index (κ1) is 7.97. The van der Waals surface area contributed by atoms with Gasteiger partial charge in [0.25, 0.3) is 10.2 Å². The summed E-state index contributed by atoms with van der Waals surface area (Å²) in [6.45, 7) is 2.08. The van der Waals surface area contributed by atoms with Gasteiger partial charge in [-0.15, -0.1) is 0 Å². The summed E-state index contributed by atoms with van der Waals surface area (Å²) in [5.41, 5.74) is 0. The van der Waals surface area contributed by atoms with Crippen LogP contribution in [0.2, 0.25) is 0 Å². The molecular weight excluding hydrogens is 152 g/mol. The minimum atomic E-state index is -3.46. The fourth-order valence-electron chi connectivity index (χ4n) is 1.23. The van der Waals surface area contributed by atoms with Crippen LogP contribution < -0.4 is 9.86 Å². The number of nitrogens with two attached hydrogens (primary N) is 1. The average Bonchev–Trinajstić information content (AvgIpc) is 1.57. The van der Waals surface area contributed by atoms with Gasteiger partial charge in [-0.25, -0.2) is 5.14 Å². The maximum Gasteiger partial charge on any atom is 0.274 e. The van der Waals surface area contributed by atoms with Crippen LogP contribution in [0.15, 0.2) is 0 Å². The molecule has 3 N–H and O–H groups in total. The highest BCUT2D eigenvalue weighted by Crippen LogP contribution is 2.26. The molecule has 0 aliphatic heterocycles. The Morgan fingerprint density at radius 3 is 2.30 bits per heavy atom. The summed E-state index contributed by atoms with van der Waals surface area (Å²) in [5.74, 6) is 0.638. The Hall–Kier alpha value is -0.130. The molecule has 10 heavy (non-hydrogen) atoms. The molecule has 0 saturated heterocycles. The molecule has 5 heteroatoms. The van der Waals surface area contributed by atoms with Gasteiger partial charge in [0.05, 0.1) is 0 Å². The topological polar surface area (TPSA) is 72.2 Å². The zero-order valence-electron chi connectivity index (χ0n) is 5.87. The SMILES string of the molecule is CC1CC(NS(N)(=O)=O)C1. The Morgan fingerprint density at radius 1 is 1.50 bits per heavy atom. The van der Waals surface area contributed by atoms with Gasteiger partial charge in [-0.1, -0.05) is 6.92 Å². The van der Waals surface area contributed by atoms with E-state index in [0.717, 1.165) is 12.8 Å². The summed E-state index contributed by atoms with van der Waals surface area (Å²) in [7, 11) is -3.46. The zero-order valence-corrected chi connectivity index (χ0v) is 6.69. The number of nitrogens with one attached hydrogen (secondary N) is 1. The van der Waals surface area contributed by atoms with Crippen molar-refractivity contribution in [3.05, 3.63) is 0 Å². The molecule has 0 atom stereocenters. The van der Waals surface area contributed by atoms with Crippen LogP contribution in [-0.2, 0) is 10.2 Å². The van der Waals surface area contributed by atoms with Crippen molar-refractivity contribution >= 4 is 10.2 Å². The minimum Gasteiger partial charge on any atom is -0.216 e. The van der Waals surface area contributed by atoms with Gasteiger partial charge in [0.1, 0.15) is 0 Å². The molecule has 0 bridgehead atoms. The molecule has 0 heterocycles. The Labute approximate surface area is 61.0 Å². The molecule has 4 nitrogen and oxygen atoms in total. The van der Waals surface area contributed by atoms with Crippen LogP contribution in [0.3, 0.4) is 0 Å². The molecular formula is C5H12N2O2S. The molecule has 1 fully saturated rings. The van der Waals surface area contributed by atoms with E-state index in [2.05, 4.69) is 11.6 Å². The second kappa shape index (κ2) is 2.48. The van der Waals surface area contributed by atoms with Gasteiger partial charge < -0.3 is 0 Å². The van der Waals surface area contributed by atoms with Gasteiger partial charge in [0.2, 0.25) is 0 Å². The highest BCUT2D eigenvalue weighted by Gasteiger charge is 2.27. The van der Waals surface area contributed by atoms with Crippen molar-refractivity contribution in [1.82, 2.24) is 4.72 Å². The van der Waals surface area contributed by atoms with E-state index in [0.29, 0.717) is 5.92 Å². The van der Waals surface area contributed by atoms with Crippen LogP contribution >= 0.6 is 0 Å². The van der Waals surface area contributed by atoms with Crippen molar-refractivity contribution in [3.63, 3.8) is 0 Å². The molecule has 0 aromatic heterocycles. The summed E-state index contributed by atoms with van der Waals surface area (Å²) in [6, 6.07) is 0.0880. The normalized spacial score (nSPS) is 33.4. The fourth-order valence-corrected chi connectivity index (χ4v) is 1.89.